The summed E-state index contributed by atoms with van der Waals surface area (Å²) in [6.45, 7) is -0.652. The van der Waals surface area contributed by atoms with E-state index in [4.69, 9.17) is 0 Å². The van der Waals surface area contributed by atoms with Gasteiger partial charge < -0.3 is 29.9 Å². The summed E-state index contributed by atoms with van der Waals surface area (Å²) in [6, 6.07) is -1.63. The lowest BCUT2D eigenvalue weighted by molar-refractivity contribution is -0.176. The van der Waals surface area contributed by atoms with Crippen molar-refractivity contribution in [2.75, 3.05) is 13.7 Å². The summed E-state index contributed by atoms with van der Waals surface area (Å²) in [6.07, 6.45) is -7.52. The van der Waals surface area contributed by atoms with Crippen molar-refractivity contribution < 1.29 is 42.8 Å². The second-order valence-corrected chi connectivity index (χ2v) is 5.19. The van der Waals surface area contributed by atoms with Crippen molar-refractivity contribution in [3.8, 4) is 0 Å². The van der Waals surface area contributed by atoms with Gasteiger partial charge in [-0.3, -0.25) is 4.79 Å². The second kappa shape index (κ2) is 6.42. The summed E-state index contributed by atoms with van der Waals surface area (Å²) in [4.78, 5) is 23.0. The van der Waals surface area contributed by atoms with Gasteiger partial charge in [0.2, 0.25) is 0 Å². The number of nitrogens with zero attached hydrogens (tertiary/aromatic N) is 1. The second-order valence-electron chi connectivity index (χ2n) is 5.19. The van der Waals surface area contributed by atoms with E-state index in [0.717, 1.165) is 11.7 Å². The van der Waals surface area contributed by atoms with Crippen LogP contribution in [0.3, 0.4) is 0 Å². The molecule has 0 fully saturated rings. The SMILES string of the molecule is COC(=O)c1ccn2c1[C@H](NC(=O)C(F)(F)F)[C@@H](O)[C@H](O)[C@H]2CO. The number of amides is 1. The fourth-order valence-electron chi connectivity index (χ4n) is 2.68. The fraction of sp³-hybridized carbons (Fsp3) is 0.538. The molecule has 11 heteroatoms. The van der Waals surface area contributed by atoms with Gasteiger partial charge in [0.25, 0.3) is 0 Å². The van der Waals surface area contributed by atoms with Crippen molar-refractivity contribution in [3.05, 3.63) is 23.5 Å². The minimum Gasteiger partial charge on any atom is -0.465 e. The van der Waals surface area contributed by atoms with Crippen LogP contribution in [0.2, 0.25) is 0 Å². The third-order valence-electron chi connectivity index (χ3n) is 3.83. The van der Waals surface area contributed by atoms with Crippen molar-refractivity contribution in [1.29, 1.82) is 0 Å². The molecule has 4 N–H and O–H groups in total. The largest absolute Gasteiger partial charge is 0.471 e. The minimum absolute atomic E-state index is 0.198. The molecule has 0 saturated carbocycles. The highest BCUT2D eigenvalue weighted by molar-refractivity contribution is 5.91. The molecule has 1 aliphatic heterocycles. The van der Waals surface area contributed by atoms with Crippen LogP contribution in [-0.4, -0.2) is 63.9 Å². The Labute approximate surface area is 133 Å². The molecule has 2 rings (SSSR count). The number of ether oxygens (including phenoxy) is 1. The molecular formula is C13H15F3N2O6. The number of aliphatic hydroxyl groups excluding tert-OH is 3. The van der Waals surface area contributed by atoms with Crippen LogP contribution in [0.5, 0.6) is 0 Å². The molecule has 0 aromatic carbocycles. The van der Waals surface area contributed by atoms with Gasteiger partial charge in [0, 0.05) is 6.20 Å². The van der Waals surface area contributed by atoms with Crippen molar-refractivity contribution in [2.45, 2.75) is 30.5 Å². The number of aromatic nitrogens is 1. The monoisotopic (exact) mass is 352 g/mol. The van der Waals surface area contributed by atoms with E-state index in [2.05, 4.69) is 4.74 Å². The predicted molar refractivity (Wildman–Crippen MR) is 70.8 cm³/mol. The van der Waals surface area contributed by atoms with Crippen LogP contribution in [0, 0.1) is 0 Å². The third kappa shape index (κ3) is 2.97. The molecule has 1 amide bonds. The van der Waals surface area contributed by atoms with Crippen LogP contribution in [0.25, 0.3) is 0 Å². The standard InChI is InChI=1S/C13H15F3N2O6/c1-24-11(22)5-2-3-18-6(4-19)9(20)10(21)7(8(5)18)17-12(23)13(14,15)16/h2-3,6-7,9-10,19-21H,4H2,1H3,(H,17,23)/t6-,7+,9-,10-/m1/s1. The number of nitrogens with one attached hydrogen (secondary N) is 1. The molecule has 0 spiro atoms. The maximum absolute atomic E-state index is 12.5. The van der Waals surface area contributed by atoms with Crippen molar-refractivity contribution >= 4 is 11.9 Å². The van der Waals surface area contributed by atoms with Gasteiger partial charge in [-0.15, -0.1) is 0 Å². The summed E-state index contributed by atoms with van der Waals surface area (Å²) in [5.41, 5.74) is -0.398. The molecule has 24 heavy (non-hydrogen) atoms. The van der Waals surface area contributed by atoms with Gasteiger partial charge in [-0.2, -0.15) is 13.2 Å². The Morgan fingerprint density at radius 1 is 1.33 bits per heavy atom. The van der Waals surface area contributed by atoms with Crippen molar-refractivity contribution in [2.24, 2.45) is 0 Å². The van der Waals surface area contributed by atoms with E-state index in [1.165, 1.54) is 12.3 Å². The maximum atomic E-state index is 12.5. The van der Waals surface area contributed by atoms with Crippen LogP contribution >= 0.6 is 0 Å². The molecule has 0 saturated heterocycles. The molecular weight excluding hydrogens is 337 g/mol. The molecule has 1 aromatic rings. The molecule has 1 aliphatic rings. The Balaban J connectivity index is 2.53. The number of rotatable bonds is 3. The Morgan fingerprint density at radius 2 is 1.96 bits per heavy atom. The van der Waals surface area contributed by atoms with E-state index in [1.807, 2.05) is 0 Å². The number of esters is 1. The summed E-state index contributed by atoms with van der Waals surface area (Å²) in [5.74, 6) is -3.25. The Morgan fingerprint density at radius 3 is 2.46 bits per heavy atom. The zero-order chi connectivity index (χ0) is 18.2. The minimum atomic E-state index is -5.22. The number of fused-ring (bicyclic) bond motifs is 1. The zero-order valence-electron chi connectivity index (χ0n) is 12.3. The maximum Gasteiger partial charge on any atom is 0.471 e. The average Bonchev–Trinajstić information content (AvgIpc) is 2.94. The van der Waals surface area contributed by atoms with Gasteiger partial charge in [-0.05, 0) is 6.07 Å². The number of halogens is 3. The van der Waals surface area contributed by atoms with Crippen LogP contribution in [0.4, 0.5) is 13.2 Å². The number of alkyl halides is 3. The zero-order valence-corrected chi connectivity index (χ0v) is 12.3. The molecule has 1 aromatic heterocycles. The van der Waals surface area contributed by atoms with E-state index in [-0.39, 0.29) is 11.3 Å². The van der Waals surface area contributed by atoms with Gasteiger partial charge in [0.05, 0.1) is 37.1 Å². The highest BCUT2D eigenvalue weighted by Crippen LogP contribution is 2.36. The summed E-state index contributed by atoms with van der Waals surface area (Å²) in [7, 11) is 1.05. The highest BCUT2D eigenvalue weighted by Gasteiger charge is 2.47. The average molecular weight is 352 g/mol. The molecule has 0 aliphatic carbocycles. The Hall–Kier alpha value is -2.11. The summed E-state index contributed by atoms with van der Waals surface area (Å²) < 4.78 is 43.2. The summed E-state index contributed by atoms with van der Waals surface area (Å²) in [5, 5.41) is 31.0. The topological polar surface area (TPSA) is 121 Å². The van der Waals surface area contributed by atoms with Crippen LogP contribution in [0.15, 0.2) is 12.3 Å². The predicted octanol–water partition coefficient (Wildman–Crippen LogP) is -0.737. The number of methoxy groups -OCH3 is 1. The Kier molecular flexibility index (Phi) is 4.87. The molecule has 8 nitrogen and oxygen atoms in total. The van der Waals surface area contributed by atoms with Gasteiger partial charge in [-0.25, -0.2) is 4.79 Å². The highest BCUT2D eigenvalue weighted by atomic mass is 19.4. The normalized spacial score (nSPS) is 26.6. The van der Waals surface area contributed by atoms with E-state index >= 15 is 0 Å². The van der Waals surface area contributed by atoms with Crippen LogP contribution < -0.4 is 5.32 Å². The number of carbonyl (C=O) groups is 2. The molecule has 2 heterocycles. The molecule has 134 valence electrons. The van der Waals surface area contributed by atoms with E-state index in [9.17, 15) is 38.1 Å². The first-order valence-corrected chi connectivity index (χ1v) is 6.77. The van der Waals surface area contributed by atoms with Crippen molar-refractivity contribution in [3.63, 3.8) is 0 Å². The number of aliphatic hydroxyl groups is 3. The Bertz CT molecular complexity index is 644. The number of carbonyl (C=O) groups excluding carboxylic acids is 2. The molecule has 0 bridgehead atoms. The van der Waals surface area contributed by atoms with Crippen LogP contribution in [-0.2, 0) is 9.53 Å². The van der Waals surface area contributed by atoms with E-state index in [0.29, 0.717) is 0 Å². The quantitative estimate of drug-likeness (QED) is 0.532. The first kappa shape index (κ1) is 18.2. The first-order chi connectivity index (χ1) is 11.1. The van der Waals surface area contributed by atoms with Gasteiger partial charge >= 0.3 is 18.1 Å². The third-order valence-corrected chi connectivity index (χ3v) is 3.83. The molecule has 0 unspecified atom stereocenters. The lowest BCUT2D eigenvalue weighted by Gasteiger charge is -2.39. The smallest absolute Gasteiger partial charge is 0.465 e. The number of hydrogen-bond donors (Lipinski definition) is 4. The lowest BCUT2D eigenvalue weighted by atomic mass is 9.90. The van der Waals surface area contributed by atoms with Gasteiger partial charge in [0.1, 0.15) is 12.2 Å². The fourth-order valence-corrected chi connectivity index (χ4v) is 2.68. The van der Waals surface area contributed by atoms with E-state index < -0.39 is 49.0 Å². The van der Waals surface area contributed by atoms with Crippen molar-refractivity contribution in [1.82, 2.24) is 9.88 Å². The molecule has 0 radical (unpaired) electrons. The van der Waals surface area contributed by atoms with Gasteiger partial charge in [-0.1, -0.05) is 0 Å². The van der Waals surface area contributed by atoms with E-state index in [1.54, 1.807) is 5.32 Å². The molecule has 4 atom stereocenters. The first-order valence-electron chi connectivity index (χ1n) is 6.77. The lowest BCUT2D eigenvalue weighted by Crippen LogP contribution is -2.53. The van der Waals surface area contributed by atoms with Crippen LogP contribution in [0.1, 0.15) is 28.1 Å². The van der Waals surface area contributed by atoms with Gasteiger partial charge in [0.15, 0.2) is 0 Å². The summed E-state index contributed by atoms with van der Waals surface area (Å²) >= 11 is 0. The number of hydrogen-bond acceptors (Lipinski definition) is 6.